The second kappa shape index (κ2) is 7.03. The van der Waals surface area contributed by atoms with E-state index >= 15 is 0 Å². The van der Waals surface area contributed by atoms with Gasteiger partial charge in [-0.3, -0.25) is 0 Å². The zero-order chi connectivity index (χ0) is 18.4. The van der Waals surface area contributed by atoms with Gasteiger partial charge in [-0.1, -0.05) is 41.9 Å². The summed E-state index contributed by atoms with van der Waals surface area (Å²) in [5.41, 5.74) is 5.82. The van der Waals surface area contributed by atoms with Crippen LogP contribution < -0.4 is 9.80 Å². The predicted octanol–water partition coefficient (Wildman–Crippen LogP) is 4.40. The molecule has 0 amide bonds. The average Bonchev–Trinajstić information content (AvgIpc) is 3.01. The standard InChI is InChI=1S/C23H28ClN3/c1-25-14-15-27-21-11-13-26(12-5-7-17-6-2-3-9-20(17)24)16-19(21)18-8-4-10-22(25)23(18)27/h2-4,6,8-10,19,21H,5,7,11-16H2,1H3. The molecule has 1 fully saturated rings. The van der Waals surface area contributed by atoms with Crippen molar-refractivity contribution in [3.8, 4) is 0 Å². The van der Waals surface area contributed by atoms with Crippen molar-refractivity contribution in [3.05, 3.63) is 58.6 Å². The van der Waals surface area contributed by atoms with Crippen molar-refractivity contribution in [3.63, 3.8) is 0 Å². The van der Waals surface area contributed by atoms with E-state index in [4.69, 9.17) is 11.6 Å². The molecule has 0 N–H and O–H groups in total. The summed E-state index contributed by atoms with van der Waals surface area (Å²) >= 11 is 6.32. The summed E-state index contributed by atoms with van der Waals surface area (Å²) in [5.74, 6) is 0.667. The first kappa shape index (κ1) is 17.4. The second-order valence-corrected chi connectivity index (χ2v) is 8.70. The van der Waals surface area contributed by atoms with E-state index < -0.39 is 0 Å². The number of para-hydroxylation sites is 1. The largest absolute Gasteiger partial charge is 0.371 e. The number of halogens is 1. The second-order valence-electron chi connectivity index (χ2n) is 8.29. The molecule has 0 saturated carbocycles. The van der Waals surface area contributed by atoms with Crippen molar-refractivity contribution < 1.29 is 0 Å². The van der Waals surface area contributed by atoms with E-state index in [1.165, 1.54) is 56.0 Å². The van der Waals surface area contributed by atoms with Crippen molar-refractivity contribution in [2.24, 2.45) is 0 Å². The summed E-state index contributed by atoms with van der Waals surface area (Å²) in [6, 6.07) is 15.9. The first-order chi connectivity index (χ1) is 13.2. The number of likely N-dealkylation sites (tertiary alicyclic amines) is 1. The number of likely N-dealkylation sites (N-methyl/N-ethyl adjacent to an activating group) is 1. The molecule has 0 spiro atoms. The molecule has 2 aromatic carbocycles. The molecule has 0 bridgehead atoms. The lowest BCUT2D eigenvalue weighted by Gasteiger charge is -2.41. The van der Waals surface area contributed by atoms with Gasteiger partial charge < -0.3 is 14.7 Å². The molecule has 1 saturated heterocycles. The first-order valence-electron chi connectivity index (χ1n) is 10.3. The van der Waals surface area contributed by atoms with Crippen molar-refractivity contribution in [1.29, 1.82) is 0 Å². The molecule has 2 atom stereocenters. The molecule has 3 aliphatic rings. The van der Waals surface area contributed by atoms with Gasteiger partial charge in [-0.25, -0.2) is 0 Å². The minimum atomic E-state index is 0.667. The van der Waals surface area contributed by atoms with Gasteiger partial charge in [0.05, 0.1) is 11.4 Å². The highest BCUT2D eigenvalue weighted by Crippen LogP contribution is 2.50. The highest BCUT2D eigenvalue weighted by atomic mass is 35.5. The number of piperidine rings is 1. The molecule has 5 rings (SSSR count). The molecule has 3 heterocycles. The van der Waals surface area contributed by atoms with Crippen LogP contribution in [-0.4, -0.2) is 50.7 Å². The Morgan fingerprint density at radius 3 is 2.81 bits per heavy atom. The summed E-state index contributed by atoms with van der Waals surface area (Å²) in [6.07, 6.45) is 3.54. The average molecular weight is 382 g/mol. The van der Waals surface area contributed by atoms with Crippen molar-refractivity contribution in [2.75, 3.05) is 49.6 Å². The quantitative estimate of drug-likeness (QED) is 0.777. The Morgan fingerprint density at radius 1 is 1.04 bits per heavy atom. The number of benzene rings is 2. The molecule has 0 aliphatic carbocycles. The van der Waals surface area contributed by atoms with Gasteiger partial charge in [-0.05, 0) is 49.1 Å². The van der Waals surface area contributed by atoms with E-state index in [1.54, 1.807) is 5.56 Å². The topological polar surface area (TPSA) is 9.72 Å². The maximum Gasteiger partial charge on any atom is 0.0644 e. The number of hydrogen-bond acceptors (Lipinski definition) is 3. The van der Waals surface area contributed by atoms with Gasteiger partial charge in [0, 0.05) is 50.2 Å². The summed E-state index contributed by atoms with van der Waals surface area (Å²) in [4.78, 5) is 7.82. The summed E-state index contributed by atoms with van der Waals surface area (Å²) in [7, 11) is 2.23. The number of aryl methyl sites for hydroxylation is 1. The maximum atomic E-state index is 6.32. The van der Waals surface area contributed by atoms with E-state index in [1.807, 2.05) is 12.1 Å². The Morgan fingerprint density at radius 2 is 1.93 bits per heavy atom. The molecular weight excluding hydrogens is 354 g/mol. The molecule has 142 valence electrons. The smallest absolute Gasteiger partial charge is 0.0644 e. The summed E-state index contributed by atoms with van der Waals surface area (Å²) in [6.45, 7) is 5.90. The van der Waals surface area contributed by atoms with E-state index in [2.05, 4.69) is 52.1 Å². The van der Waals surface area contributed by atoms with Gasteiger partial charge in [-0.15, -0.1) is 0 Å². The molecule has 27 heavy (non-hydrogen) atoms. The van der Waals surface area contributed by atoms with E-state index in [0.717, 1.165) is 18.0 Å². The van der Waals surface area contributed by atoms with E-state index in [9.17, 15) is 0 Å². The first-order valence-corrected chi connectivity index (χ1v) is 10.7. The van der Waals surface area contributed by atoms with Crippen LogP contribution in [0.3, 0.4) is 0 Å². The van der Waals surface area contributed by atoms with Crippen LogP contribution in [0.15, 0.2) is 42.5 Å². The minimum Gasteiger partial charge on any atom is -0.371 e. The number of hydrogen-bond donors (Lipinski definition) is 0. The molecule has 2 unspecified atom stereocenters. The van der Waals surface area contributed by atoms with Crippen LogP contribution in [0.4, 0.5) is 11.4 Å². The van der Waals surface area contributed by atoms with Gasteiger partial charge in [-0.2, -0.15) is 0 Å². The minimum absolute atomic E-state index is 0.667. The van der Waals surface area contributed by atoms with E-state index in [0.29, 0.717) is 12.0 Å². The highest BCUT2D eigenvalue weighted by molar-refractivity contribution is 6.31. The van der Waals surface area contributed by atoms with Crippen molar-refractivity contribution in [2.45, 2.75) is 31.2 Å². The lowest BCUT2D eigenvalue weighted by Crippen LogP contribution is -2.49. The Bertz CT molecular complexity index is 836. The molecular formula is C23H28ClN3. The van der Waals surface area contributed by atoms with Gasteiger partial charge in [0.25, 0.3) is 0 Å². The Kier molecular flexibility index (Phi) is 4.53. The van der Waals surface area contributed by atoms with Crippen LogP contribution in [-0.2, 0) is 6.42 Å². The lowest BCUT2D eigenvalue weighted by molar-refractivity contribution is 0.191. The number of anilines is 2. The molecule has 0 radical (unpaired) electrons. The molecule has 3 aliphatic heterocycles. The summed E-state index contributed by atoms with van der Waals surface area (Å²) < 4.78 is 0. The third-order valence-electron chi connectivity index (χ3n) is 6.76. The van der Waals surface area contributed by atoms with Crippen LogP contribution in [0.1, 0.15) is 29.9 Å². The number of rotatable bonds is 4. The third-order valence-corrected chi connectivity index (χ3v) is 7.13. The maximum absolute atomic E-state index is 6.32. The monoisotopic (exact) mass is 381 g/mol. The van der Waals surface area contributed by atoms with Crippen LogP contribution in [0.2, 0.25) is 5.02 Å². The van der Waals surface area contributed by atoms with Crippen LogP contribution in [0.25, 0.3) is 0 Å². The number of fused-ring (bicyclic) bond motifs is 3. The normalized spacial score (nSPS) is 24.1. The van der Waals surface area contributed by atoms with Gasteiger partial charge >= 0.3 is 0 Å². The van der Waals surface area contributed by atoms with E-state index in [-0.39, 0.29) is 0 Å². The summed E-state index contributed by atoms with van der Waals surface area (Å²) in [5, 5.41) is 0.909. The molecule has 0 aromatic heterocycles. The van der Waals surface area contributed by atoms with Crippen LogP contribution >= 0.6 is 11.6 Å². The fraction of sp³-hybridized carbons (Fsp3) is 0.478. The molecule has 2 aromatic rings. The fourth-order valence-electron chi connectivity index (χ4n) is 5.37. The predicted molar refractivity (Wildman–Crippen MR) is 114 cm³/mol. The van der Waals surface area contributed by atoms with Crippen LogP contribution in [0.5, 0.6) is 0 Å². The van der Waals surface area contributed by atoms with Gasteiger partial charge in [0.15, 0.2) is 0 Å². The van der Waals surface area contributed by atoms with Gasteiger partial charge in [0.2, 0.25) is 0 Å². The zero-order valence-electron chi connectivity index (χ0n) is 16.1. The van der Waals surface area contributed by atoms with Crippen LogP contribution in [0, 0.1) is 0 Å². The SMILES string of the molecule is CN1CCN2c3c(cccc31)C1CN(CCCc3ccccc3Cl)CCC12. The fourth-order valence-corrected chi connectivity index (χ4v) is 5.60. The Hall–Kier alpha value is -1.71. The molecule has 3 nitrogen and oxygen atoms in total. The van der Waals surface area contributed by atoms with Crippen molar-refractivity contribution in [1.82, 2.24) is 4.90 Å². The number of nitrogens with zero attached hydrogens (tertiary/aromatic N) is 3. The third kappa shape index (κ3) is 3.01. The van der Waals surface area contributed by atoms with Crippen molar-refractivity contribution >= 4 is 23.0 Å². The zero-order valence-corrected chi connectivity index (χ0v) is 16.8. The lowest BCUT2D eigenvalue weighted by atomic mass is 9.89. The molecule has 4 heteroatoms. The van der Waals surface area contributed by atoms with Gasteiger partial charge in [0.1, 0.15) is 0 Å². The Balaban J connectivity index is 1.28. The highest BCUT2D eigenvalue weighted by Gasteiger charge is 2.44. The Labute approximate surface area is 167 Å².